The van der Waals surface area contributed by atoms with E-state index >= 15 is 0 Å². The summed E-state index contributed by atoms with van der Waals surface area (Å²) in [5, 5.41) is 5.12. The van der Waals surface area contributed by atoms with Crippen molar-refractivity contribution >= 4 is 29.1 Å². The van der Waals surface area contributed by atoms with Crippen LogP contribution in [0.15, 0.2) is 40.9 Å². The average molecular weight is 558 g/mol. The van der Waals surface area contributed by atoms with E-state index in [0.29, 0.717) is 33.9 Å². The highest BCUT2D eigenvalue weighted by Gasteiger charge is 2.31. The Hall–Kier alpha value is -2.85. The second-order valence-electron chi connectivity index (χ2n) is 9.98. The molecule has 3 aliphatic rings. The van der Waals surface area contributed by atoms with Crippen LogP contribution in [-0.4, -0.2) is 76.8 Å². The van der Waals surface area contributed by atoms with Gasteiger partial charge in [-0.15, -0.1) is 0 Å². The average Bonchev–Trinajstić information content (AvgIpc) is 3.59. The lowest BCUT2D eigenvalue weighted by Crippen LogP contribution is -2.51. The molecule has 6 rings (SSSR count). The lowest BCUT2D eigenvalue weighted by Gasteiger charge is -2.38. The molecule has 200 valence electrons. The molecule has 0 saturated carbocycles. The first-order valence-electron chi connectivity index (χ1n) is 12.9. The summed E-state index contributed by atoms with van der Waals surface area (Å²) in [5.74, 6) is 2.95. The van der Waals surface area contributed by atoms with E-state index in [0.717, 1.165) is 70.2 Å². The van der Waals surface area contributed by atoms with Crippen LogP contribution in [-0.2, 0) is 17.9 Å². The van der Waals surface area contributed by atoms with E-state index in [-0.39, 0.29) is 18.6 Å². The van der Waals surface area contributed by atoms with Gasteiger partial charge in [0.15, 0.2) is 11.5 Å². The number of aromatic nitrogens is 2. The van der Waals surface area contributed by atoms with Crippen LogP contribution < -0.4 is 9.47 Å². The molecule has 0 atom stereocenters. The maximum Gasteiger partial charge on any atom is 0.241 e. The standard InChI is InChI=1S/C27H29Cl2N5O4/c28-20-2-3-21(22(29)14-20)26-30-25(38-31-26)16-32-7-5-19(6-8-32)27(35)34-11-9-33(10-12-34)15-18-1-4-23-24(13-18)37-17-36-23/h1-4,13-14,19H,5-12,15-17H2. The molecule has 0 N–H and O–H groups in total. The molecule has 0 aliphatic carbocycles. The zero-order valence-electron chi connectivity index (χ0n) is 20.9. The Labute approximate surface area is 231 Å². The number of halogens is 2. The summed E-state index contributed by atoms with van der Waals surface area (Å²) < 4.78 is 16.4. The molecule has 0 spiro atoms. The number of nitrogens with zero attached hydrogens (tertiary/aromatic N) is 5. The summed E-state index contributed by atoms with van der Waals surface area (Å²) in [6, 6.07) is 11.3. The summed E-state index contributed by atoms with van der Waals surface area (Å²) in [7, 11) is 0. The first-order chi connectivity index (χ1) is 18.5. The minimum Gasteiger partial charge on any atom is -0.454 e. The molecular formula is C27H29Cl2N5O4. The topological polar surface area (TPSA) is 84.2 Å². The van der Waals surface area contributed by atoms with Crippen LogP contribution >= 0.6 is 23.2 Å². The third-order valence-corrected chi connectivity index (χ3v) is 8.01. The highest BCUT2D eigenvalue weighted by atomic mass is 35.5. The van der Waals surface area contributed by atoms with Crippen LogP contribution in [0.4, 0.5) is 0 Å². The Bertz CT molecular complexity index is 1300. The van der Waals surface area contributed by atoms with Crippen LogP contribution in [0.25, 0.3) is 11.4 Å². The number of amides is 1. The van der Waals surface area contributed by atoms with E-state index in [9.17, 15) is 4.79 Å². The molecule has 3 aromatic rings. The third-order valence-electron chi connectivity index (χ3n) is 7.46. The van der Waals surface area contributed by atoms with E-state index in [2.05, 4.69) is 32.1 Å². The van der Waals surface area contributed by atoms with Gasteiger partial charge in [0.1, 0.15) is 0 Å². The number of likely N-dealkylation sites (tertiary alicyclic amines) is 1. The summed E-state index contributed by atoms with van der Waals surface area (Å²) in [6.45, 7) is 6.60. The molecule has 0 unspecified atom stereocenters. The summed E-state index contributed by atoms with van der Waals surface area (Å²) in [4.78, 5) is 24.4. The number of piperidine rings is 1. The van der Waals surface area contributed by atoms with E-state index < -0.39 is 0 Å². The van der Waals surface area contributed by atoms with Crippen molar-refractivity contribution in [3.05, 3.63) is 57.9 Å². The van der Waals surface area contributed by atoms with Crippen molar-refractivity contribution in [1.82, 2.24) is 24.8 Å². The molecule has 38 heavy (non-hydrogen) atoms. The van der Waals surface area contributed by atoms with E-state index in [1.165, 1.54) is 5.56 Å². The molecule has 11 heteroatoms. The van der Waals surface area contributed by atoms with Crippen molar-refractivity contribution < 1.29 is 18.8 Å². The Morgan fingerprint density at radius 3 is 2.45 bits per heavy atom. The molecule has 1 amide bonds. The number of benzene rings is 2. The zero-order chi connectivity index (χ0) is 26.1. The van der Waals surface area contributed by atoms with Crippen LogP contribution in [0.2, 0.25) is 10.0 Å². The zero-order valence-corrected chi connectivity index (χ0v) is 22.5. The first kappa shape index (κ1) is 25.4. The number of ether oxygens (including phenoxy) is 2. The first-order valence-corrected chi connectivity index (χ1v) is 13.7. The number of carbonyl (C=O) groups excluding carboxylic acids is 1. The van der Waals surface area contributed by atoms with E-state index in [4.69, 9.17) is 37.2 Å². The van der Waals surface area contributed by atoms with E-state index in [1.54, 1.807) is 18.2 Å². The van der Waals surface area contributed by atoms with Crippen LogP contribution in [0, 0.1) is 5.92 Å². The Balaban J connectivity index is 0.955. The summed E-state index contributed by atoms with van der Waals surface area (Å²) in [5.41, 5.74) is 1.89. The van der Waals surface area contributed by atoms with Crippen molar-refractivity contribution in [2.45, 2.75) is 25.9 Å². The Morgan fingerprint density at radius 2 is 1.66 bits per heavy atom. The molecule has 2 aromatic carbocycles. The monoisotopic (exact) mass is 557 g/mol. The van der Waals surface area contributed by atoms with Gasteiger partial charge in [-0.25, -0.2) is 0 Å². The minimum atomic E-state index is 0.0674. The van der Waals surface area contributed by atoms with Crippen molar-refractivity contribution in [3.63, 3.8) is 0 Å². The molecule has 0 radical (unpaired) electrons. The third kappa shape index (κ3) is 5.61. The van der Waals surface area contributed by atoms with Gasteiger partial charge in [0.2, 0.25) is 24.4 Å². The molecule has 2 saturated heterocycles. The number of piperazine rings is 1. The molecule has 4 heterocycles. The predicted octanol–water partition coefficient (Wildman–Crippen LogP) is 4.33. The minimum absolute atomic E-state index is 0.0674. The molecule has 1 aromatic heterocycles. The van der Waals surface area contributed by atoms with Crippen molar-refractivity contribution in [1.29, 1.82) is 0 Å². The van der Waals surface area contributed by atoms with Gasteiger partial charge in [-0.2, -0.15) is 4.98 Å². The molecular weight excluding hydrogens is 529 g/mol. The Morgan fingerprint density at radius 1 is 0.895 bits per heavy atom. The van der Waals surface area contributed by atoms with Gasteiger partial charge in [0, 0.05) is 49.2 Å². The lowest BCUT2D eigenvalue weighted by molar-refractivity contribution is -0.139. The fourth-order valence-electron chi connectivity index (χ4n) is 5.31. The predicted molar refractivity (Wildman–Crippen MR) is 142 cm³/mol. The van der Waals surface area contributed by atoms with Gasteiger partial charge in [-0.05, 0) is 61.8 Å². The number of fused-ring (bicyclic) bond motifs is 1. The van der Waals surface area contributed by atoms with Crippen molar-refractivity contribution in [2.24, 2.45) is 5.92 Å². The summed E-state index contributed by atoms with van der Waals surface area (Å²) >= 11 is 12.3. The summed E-state index contributed by atoms with van der Waals surface area (Å²) in [6.07, 6.45) is 1.67. The molecule has 9 nitrogen and oxygen atoms in total. The largest absolute Gasteiger partial charge is 0.454 e. The second kappa shape index (κ2) is 11.1. The van der Waals surface area contributed by atoms with Crippen LogP contribution in [0.1, 0.15) is 24.3 Å². The highest BCUT2D eigenvalue weighted by Crippen LogP contribution is 2.33. The SMILES string of the molecule is O=C(C1CCN(Cc2nc(-c3ccc(Cl)cc3Cl)no2)CC1)N1CCN(Cc2ccc3c(c2)OCO3)CC1. The fraction of sp³-hybridized carbons (Fsp3) is 0.444. The number of hydrogen-bond acceptors (Lipinski definition) is 8. The van der Waals surface area contributed by atoms with Crippen LogP contribution in [0.3, 0.4) is 0 Å². The van der Waals surface area contributed by atoms with Gasteiger partial charge < -0.3 is 18.9 Å². The van der Waals surface area contributed by atoms with Crippen molar-refractivity contribution in [3.8, 4) is 22.9 Å². The smallest absolute Gasteiger partial charge is 0.241 e. The number of hydrogen-bond donors (Lipinski definition) is 0. The number of rotatable bonds is 6. The quantitative estimate of drug-likeness (QED) is 0.442. The van der Waals surface area contributed by atoms with Gasteiger partial charge in [0.05, 0.1) is 11.6 Å². The molecule has 2 fully saturated rings. The normalized spacial score (nSPS) is 18.7. The molecule has 0 bridgehead atoms. The van der Waals surface area contributed by atoms with Gasteiger partial charge in [-0.3, -0.25) is 14.6 Å². The highest BCUT2D eigenvalue weighted by molar-refractivity contribution is 6.36. The van der Waals surface area contributed by atoms with Gasteiger partial charge in [0.25, 0.3) is 0 Å². The number of carbonyl (C=O) groups is 1. The van der Waals surface area contributed by atoms with E-state index in [1.807, 2.05) is 11.0 Å². The lowest BCUT2D eigenvalue weighted by atomic mass is 9.95. The fourth-order valence-corrected chi connectivity index (χ4v) is 5.80. The molecule has 3 aliphatic heterocycles. The maximum atomic E-state index is 13.2. The van der Waals surface area contributed by atoms with Gasteiger partial charge >= 0.3 is 0 Å². The van der Waals surface area contributed by atoms with Gasteiger partial charge in [-0.1, -0.05) is 34.4 Å². The van der Waals surface area contributed by atoms with Crippen LogP contribution in [0.5, 0.6) is 11.5 Å². The van der Waals surface area contributed by atoms with Crippen molar-refractivity contribution in [2.75, 3.05) is 46.1 Å². The maximum absolute atomic E-state index is 13.2. The Kier molecular flexibility index (Phi) is 7.43. The second-order valence-corrected chi connectivity index (χ2v) is 10.8.